The Labute approximate surface area is 55.3 Å². The van der Waals surface area contributed by atoms with Crippen molar-refractivity contribution in [2.45, 2.75) is 0 Å². The zero-order valence-corrected chi connectivity index (χ0v) is 4.98. The van der Waals surface area contributed by atoms with Crippen LogP contribution in [0.1, 0.15) is 0 Å². The van der Waals surface area contributed by atoms with Gasteiger partial charge in [0.15, 0.2) is 5.65 Å². The Hall–Kier alpha value is -1.65. The van der Waals surface area contributed by atoms with E-state index in [4.69, 9.17) is 0 Å². The maximum Gasteiger partial charge on any atom is 0.274 e. The van der Waals surface area contributed by atoms with Crippen molar-refractivity contribution in [3.8, 4) is 0 Å². The van der Waals surface area contributed by atoms with Gasteiger partial charge in [0, 0.05) is 0 Å². The minimum absolute atomic E-state index is 0.271. The van der Waals surface area contributed by atoms with Crippen LogP contribution in [0, 0.1) is 0 Å². The molecular weight excluding hydrogens is 132 g/mol. The maximum absolute atomic E-state index is 10.6. The molecule has 0 amide bonds. The zero-order valence-electron chi connectivity index (χ0n) is 4.98. The first-order valence-corrected chi connectivity index (χ1v) is 2.74. The first-order chi connectivity index (χ1) is 4.86. The van der Waals surface area contributed by atoms with Crippen molar-refractivity contribution < 1.29 is 0 Å². The summed E-state index contributed by atoms with van der Waals surface area (Å²) < 4.78 is 1.56. The molecule has 5 heteroatoms. The number of fused-ring (bicyclic) bond motifs is 1. The van der Waals surface area contributed by atoms with E-state index in [0.29, 0.717) is 5.65 Å². The first-order valence-electron chi connectivity index (χ1n) is 2.74. The Morgan fingerprint density at radius 3 is 3.30 bits per heavy atom. The van der Waals surface area contributed by atoms with E-state index in [-0.39, 0.29) is 5.56 Å². The maximum atomic E-state index is 10.6. The van der Waals surface area contributed by atoms with Crippen molar-refractivity contribution >= 4 is 5.65 Å². The van der Waals surface area contributed by atoms with Gasteiger partial charge in [-0.25, -0.2) is 9.50 Å². The molecule has 10 heavy (non-hydrogen) atoms. The summed E-state index contributed by atoms with van der Waals surface area (Å²) in [6, 6.07) is 1.36. The van der Waals surface area contributed by atoms with Crippen LogP contribution in [0.25, 0.3) is 5.65 Å². The first kappa shape index (κ1) is 5.16. The number of H-pyrrole nitrogens is 1. The van der Waals surface area contributed by atoms with Crippen LogP contribution in [0.3, 0.4) is 0 Å². The van der Waals surface area contributed by atoms with Crippen LogP contribution in [0.2, 0.25) is 0 Å². The standard InChI is InChI=1S/C5H4N4O/c10-5-1-4-6-2-8-9(4)3-7-5/h1-3H,(H,6,8). The third kappa shape index (κ3) is 0.604. The second-order valence-electron chi connectivity index (χ2n) is 1.84. The highest BCUT2D eigenvalue weighted by atomic mass is 16.1. The topological polar surface area (TPSA) is 63.0 Å². The van der Waals surface area contributed by atoms with E-state index < -0.39 is 0 Å². The number of aromatic amines is 1. The molecule has 0 atom stereocenters. The van der Waals surface area contributed by atoms with Crippen LogP contribution < -0.4 is 5.56 Å². The number of rotatable bonds is 0. The summed E-state index contributed by atoms with van der Waals surface area (Å²) in [5.74, 6) is 0. The molecule has 0 spiro atoms. The van der Waals surface area contributed by atoms with Crippen LogP contribution in [-0.4, -0.2) is 19.6 Å². The van der Waals surface area contributed by atoms with Gasteiger partial charge in [-0.3, -0.25) is 9.89 Å². The molecule has 2 rings (SSSR count). The average Bonchev–Trinajstić information content (AvgIpc) is 2.33. The summed E-state index contributed by atoms with van der Waals surface area (Å²) in [4.78, 5) is 18.0. The minimum Gasteiger partial charge on any atom is -0.281 e. The molecule has 1 N–H and O–H groups in total. The summed E-state index contributed by atoms with van der Waals surface area (Å²) in [6.07, 6.45) is 2.89. The van der Waals surface area contributed by atoms with E-state index >= 15 is 0 Å². The van der Waals surface area contributed by atoms with Crippen LogP contribution >= 0.6 is 0 Å². The Morgan fingerprint density at radius 1 is 1.50 bits per heavy atom. The van der Waals surface area contributed by atoms with E-state index in [1.54, 1.807) is 4.52 Å². The largest absolute Gasteiger partial charge is 0.281 e. The molecule has 0 fully saturated rings. The lowest BCUT2D eigenvalue weighted by Gasteiger charge is -1.85. The third-order valence-corrected chi connectivity index (χ3v) is 1.19. The fourth-order valence-electron chi connectivity index (χ4n) is 0.747. The molecule has 0 unspecified atom stereocenters. The predicted octanol–water partition coefficient (Wildman–Crippen LogP) is -0.582. The fourth-order valence-corrected chi connectivity index (χ4v) is 0.747. The molecule has 0 bridgehead atoms. The summed E-state index contributed by atoms with van der Waals surface area (Å²) in [7, 11) is 0. The monoisotopic (exact) mass is 136 g/mol. The minimum atomic E-state index is -0.271. The van der Waals surface area contributed by atoms with E-state index in [0.717, 1.165) is 0 Å². The Kier molecular flexibility index (Phi) is 0.858. The molecule has 5 nitrogen and oxygen atoms in total. The summed E-state index contributed by atoms with van der Waals surface area (Å²) in [6.45, 7) is 0. The van der Waals surface area contributed by atoms with Crippen molar-refractivity contribution in [2.24, 2.45) is 0 Å². The number of nitrogens with one attached hydrogen (secondary N) is 1. The van der Waals surface area contributed by atoms with Crippen molar-refractivity contribution in [1.82, 2.24) is 19.6 Å². The van der Waals surface area contributed by atoms with E-state index in [2.05, 4.69) is 15.1 Å². The summed E-state index contributed by atoms with van der Waals surface area (Å²) in [5, 5.41) is 2.75. The molecule has 0 aromatic carbocycles. The lowest BCUT2D eigenvalue weighted by molar-refractivity contribution is 0.911. The van der Waals surface area contributed by atoms with Gasteiger partial charge in [-0.1, -0.05) is 0 Å². The second kappa shape index (κ2) is 1.66. The molecule has 2 heterocycles. The average molecular weight is 136 g/mol. The third-order valence-electron chi connectivity index (χ3n) is 1.19. The molecule has 2 aromatic heterocycles. The quantitative estimate of drug-likeness (QED) is 0.526. The fraction of sp³-hybridized carbons (Fsp3) is 0. The van der Waals surface area contributed by atoms with Crippen molar-refractivity contribution in [3.63, 3.8) is 0 Å². The van der Waals surface area contributed by atoms with Crippen molar-refractivity contribution in [3.05, 3.63) is 29.1 Å². The molecule has 50 valence electrons. The molecule has 0 aliphatic carbocycles. The summed E-state index contributed by atoms with van der Waals surface area (Å²) >= 11 is 0. The number of nitrogens with zero attached hydrogens (tertiary/aromatic N) is 3. The van der Waals surface area contributed by atoms with Gasteiger partial charge in [0.25, 0.3) is 5.56 Å². The van der Waals surface area contributed by atoms with Gasteiger partial charge in [-0.05, 0) is 0 Å². The SMILES string of the molecule is O=c1cc2nc[nH]n2cn1. The van der Waals surface area contributed by atoms with Crippen molar-refractivity contribution in [1.29, 1.82) is 0 Å². The second-order valence-corrected chi connectivity index (χ2v) is 1.84. The van der Waals surface area contributed by atoms with Crippen LogP contribution in [0.15, 0.2) is 23.5 Å². The van der Waals surface area contributed by atoms with Gasteiger partial charge in [0.2, 0.25) is 0 Å². The Bertz CT molecular complexity index is 401. The highest BCUT2D eigenvalue weighted by Crippen LogP contribution is 1.87. The van der Waals surface area contributed by atoms with Gasteiger partial charge in [-0.15, -0.1) is 0 Å². The molecule has 0 saturated carbocycles. The van der Waals surface area contributed by atoms with Gasteiger partial charge in [-0.2, -0.15) is 4.98 Å². The normalized spacial score (nSPS) is 10.4. The van der Waals surface area contributed by atoms with E-state index in [9.17, 15) is 4.79 Å². The lowest BCUT2D eigenvalue weighted by Crippen LogP contribution is -2.05. The van der Waals surface area contributed by atoms with Gasteiger partial charge in [0.1, 0.15) is 12.7 Å². The number of hydrogen-bond donors (Lipinski definition) is 1. The number of aromatic nitrogens is 4. The van der Waals surface area contributed by atoms with Crippen LogP contribution in [-0.2, 0) is 0 Å². The highest BCUT2D eigenvalue weighted by Gasteiger charge is 1.91. The Morgan fingerprint density at radius 2 is 2.40 bits per heavy atom. The van der Waals surface area contributed by atoms with Crippen LogP contribution in [0.4, 0.5) is 0 Å². The molecule has 0 aliphatic rings. The van der Waals surface area contributed by atoms with Gasteiger partial charge in [0.05, 0.1) is 6.07 Å². The van der Waals surface area contributed by atoms with E-state index in [1.807, 2.05) is 0 Å². The molecule has 0 aliphatic heterocycles. The zero-order chi connectivity index (χ0) is 6.97. The van der Waals surface area contributed by atoms with E-state index in [1.165, 1.54) is 18.7 Å². The molecule has 0 radical (unpaired) electrons. The van der Waals surface area contributed by atoms with Crippen molar-refractivity contribution in [2.75, 3.05) is 0 Å². The summed E-state index contributed by atoms with van der Waals surface area (Å²) in [5.41, 5.74) is 0.312. The Balaban J connectivity index is 2.99. The highest BCUT2D eigenvalue weighted by molar-refractivity contribution is 5.32. The smallest absolute Gasteiger partial charge is 0.274 e. The van der Waals surface area contributed by atoms with Gasteiger partial charge < -0.3 is 0 Å². The molecular formula is C5H4N4O. The number of hydrogen-bond acceptors (Lipinski definition) is 3. The molecule has 2 aromatic rings. The van der Waals surface area contributed by atoms with Gasteiger partial charge >= 0.3 is 0 Å². The predicted molar refractivity (Wildman–Crippen MR) is 33.6 cm³/mol. The lowest BCUT2D eigenvalue weighted by atomic mass is 10.6. The van der Waals surface area contributed by atoms with Crippen LogP contribution in [0.5, 0.6) is 0 Å². The molecule has 0 saturated heterocycles.